The van der Waals surface area contributed by atoms with Gasteiger partial charge in [0.05, 0.1) is 0 Å². The molecule has 0 saturated heterocycles. The van der Waals surface area contributed by atoms with Crippen LogP contribution in [0, 0.1) is 17.8 Å². The summed E-state index contributed by atoms with van der Waals surface area (Å²) < 4.78 is 0. The zero-order chi connectivity index (χ0) is 13.2. The summed E-state index contributed by atoms with van der Waals surface area (Å²) in [5, 5.41) is 0. The number of nitrogens with two attached hydrogens (primary N) is 1. The molecule has 2 rings (SSSR count). The van der Waals surface area contributed by atoms with Crippen LogP contribution in [0.2, 0.25) is 0 Å². The van der Waals surface area contributed by atoms with Crippen LogP contribution in [0.5, 0.6) is 0 Å². The van der Waals surface area contributed by atoms with Gasteiger partial charge < -0.3 is 5.73 Å². The van der Waals surface area contributed by atoms with Crippen LogP contribution in [-0.4, -0.2) is 10.5 Å². The minimum Gasteiger partial charge on any atom is -0.325 e. The third kappa shape index (κ3) is 2.92. The van der Waals surface area contributed by atoms with E-state index >= 15 is 0 Å². The SMILES string of the molecule is CC1CCC(C(C)C)C(N)(Cc2ccncc2)C1. The van der Waals surface area contributed by atoms with Gasteiger partial charge in [-0.1, -0.05) is 27.2 Å². The first kappa shape index (κ1) is 13.5. The fraction of sp³-hybridized carbons (Fsp3) is 0.688. The van der Waals surface area contributed by atoms with Crippen LogP contribution >= 0.6 is 0 Å². The molecule has 0 aromatic carbocycles. The predicted molar refractivity (Wildman–Crippen MR) is 76.2 cm³/mol. The fourth-order valence-electron chi connectivity index (χ4n) is 3.73. The molecular weight excluding hydrogens is 220 g/mol. The second kappa shape index (κ2) is 5.40. The van der Waals surface area contributed by atoms with Crippen LogP contribution in [0.15, 0.2) is 24.5 Å². The Morgan fingerprint density at radius 1 is 1.33 bits per heavy atom. The summed E-state index contributed by atoms with van der Waals surface area (Å²) in [6.45, 7) is 6.97. The van der Waals surface area contributed by atoms with Crippen molar-refractivity contribution in [2.45, 2.75) is 52.0 Å². The molecule has 0 bridgehead atoms. The van der Waals surface area contributed by atoms with E-state index in [9.17, 15) is 0 Å². The quantitative estimate of drug-likeness (QED) is 0.887. The zero-order valence-electron chi connectivity index (χ0n) is 11.9. The first-order chi connectivity index (χ1) is 8.51. The van der Waals surface area contributed by atoms with Crippen LogP contribution in [0.4, 0.5) is 0 Å². The Balaban J connectivity index is 2.19. The van der Waals surface area contributed by atoms with Crippen molar-refractivity contribution in [2.24, 2.45) is 23.5 Å². The lowest BCUT2D eigenvalue weighted by atomic mass is 9.63. The van der Waals surface area contributed by atoms with Gasteiger partial charge in [0.1, 0.15) is 0 Å². The van der Waals surface area contributed by atoms with Crippen LogP contribution in [0.25, 0.3) is 0 Å². The van der Waals surface area contributed by atoms with Gasteiger partial charge in [0, 0.05) is 17.9 Å². The third-order valence-electron chi connectivity index (χ3n) is 4.52. The zero-order valence-corrected chi connectivity index (χ0v) is 11.9. The molecule has 0 amide bonds. The lowest BCUT2D eigenvalue weighted by molar-refractivity contribution is 0.109. The van der Waals surface area contributed by atoms with Crippen molar-refractivity contribution in [2.75, 3.05) is 0 Å². The Morgan fingerprint density at radius 2 is 2.00 bits per heavy atom. The molecular formula is C16H26N2. The van der Waals surface area contributed by atoms with E-state index in [4.69, 9.17) is 5.73 Å². The molecule has 0 aliphatic heterocycles. The predicted octanol–water partition coefficient (Wildman–Crippen LogP) is 3.41. The molecule has 2 N–H and O–H groups in total. The fourth-order valence-corrected chi connectivity index (χ4v) is 3.73. The molecule has 1 saturated carbocycles. The highest BCUT2D eigenvalue weighted by molar-refractivity contribution is 5.16. The molecule has 1 aliphatic rings. The Labute approximate surface area is 111 Å². The first-order valence-electron chi connectivity index (χ1n) is 7.19. The average molecular weight is 246 g/mol. The van der Waals surface area contributed by atoms with Gasteiger partial charge in [-0.2, -0.15) is 0 Å². The Bertz CT molecular complexity index is 374. The Morgan fingerprint density at radius 3 is 2.61 bits per heavy atom. The van der Waals surface area contributed by atoms with Gasteiger partial charge in [-0.15, -0.1) is 0 Å². The van der Waals surface area contributed by atoms with Crippen LogP contribution in [0.1, 0.15) is 45.6 Å². The van der Waals surface area contributed by atoms with Gasteiger partial charge in [-0.05, 0) is 54.7 Å². The molecule has 1 aromatic heterocycles. The maximum atomic E-state index is 6.81. The Hall–Kier alpha value is -0.890. The molecule has 18 heavy (non-hydrogen) atoms. The highest BCUT2D eigenvalue weighted by atomic mass is 14.8. The molecule has 1 aliphatic carbocycles. The lowest BCUT2D eigenvalue weighted by Crippen LogP contribution is -2.54. The number of pyridine rings is 1. The van der Waals surface area contributed by atoms with E-state index in [0.717, 1.165) is 18.8 Å². The third-order valence-corrected chi connectivity index (χ3v) is 4.52. The first-order valence-corrected chi connectivity index (χ1v) is 7.19. The molecule has 1 heterocycles. The smallest absolute Gasteiger partial charge is 0.0270 e. The highest BCUT2D eigenvalue weighted by Gasteiger charge is 2.40. The number of rotatable bonds is 3. The molecule has 3 atom stereocenters. The van der Waals surface area contributed by atoms with Crippen molar-refractivity contribution < 1.29 is 0 Å². The van der Waals surface area contributed by atoms with E-state index in [2.05, 4.69) is 37.9 Å². The van der Waals surface area contributed by atoms with E-state index in [0.29, 0.717) is 11.8 Å². The van der Waals surface area contributed by atoms with E-state index in [1.165, 1.54) is 18.4 Å². The minimum atomic E-state index is -0.0345. The minimum absolute atomic E-state index is 0.0345. The maximum absolute atomic E-state index is 6.81. The number of aromatic nitrogens is 1. The lowest BCUT2D eigenvalue weighted by Gasteiger charge is -2.46. The van der Waals surface area contributed by atoms with Gasteiger partial charge in [0.25, 0.3) is 0 Å². The Kier molecular flexibility index (Phi) is 4.06. The molecule has 1 aromatic rings. The molecule has 3 unspecified atom stereocenters. The van der Waals surface area contributed by atoms with Crippen molar-refractivity contribution in [1.82, 2.24) is 4.98 Å². The van der Waals surface area contributed by atoms with Crippen LogP contribution in [0.3, 0.4) is 0 Å². The van der Waals surface area contributed by atoms with Gasteiger partial charge in [-0.3, -0.25) is 4.98 Å². The topological polar surface area (TPSA) is 38.9 Å². The van der Waals surface area contributed by atoms with Gasteiger partial charge >= 0.3 is 0 Å². The summed E-state index contributed by atoms with van der Waals surface area (Å²) in [6, 6.07) is 4.20. The van der Waals surface area contributed by atoms with Crippen molar-refractivity contribution in [3.05, 3.63) is 30.1 Å². The number of hydrogen-bond donors (Lipinski definition) is 1. The monoisotopic (exact) mass is 246 g/mol. The summed E-state index contributed by atoms with van der Waals surface area (Å²) in [7, 11) is 0. The van der Waals surface area contributed by atoms with E-state index in [1.807, 2.05) is 12.4 Å². The van der Waals surface area contributed by atoms with Gasteiger partial charge in [0.2, 0.25) is 0 Å². The number of nitrogens with zero attached hydrogens (tertiary/aromatic N) is 1. The number of hydrogen-bond acceptors (Lipinski definition) is 2. The van der Waals surface area contributed by atoms with Crippen molar-refractivity contribution in [3.63, 3.8) is 0 Å². The summed E-state index contributed by atoms with van der Waals surface area (Å²) in [4.78, 5) is 4.09. The average Bonchev–Trinajstić information content (AvgIpc) is 2.28. The normalized spacial score (nSPS) is 32.7. The summed E-state index contributed by atoms with van der Waals surface area (Å²) >= 11 is 0. The van der Waals surface area contributed by atoms with E-state index in [-0.39, 0.29) is 5.54 Å². The standard InChI is InChI=1S/C16H26N2/c1-12(2)15-5-4-13(3)10-16(15,17)11-14-6-8-18-9-7-14/h6-9,12-13,15H,4-5,10-11,17H2,1-3H3. The molecule has 2 nitrogen and oxygen atoms in total. The van der Waals surface area contributed by atoms with Gasteiger partial charge in [0.15, 0.2) is 0 Å². The summed E-state index contributed by atoms with van der Waals surface area (Å²) in [5.74, 6) is 2.07. The van der Waals surface area contributed by atoms with E-state index < -0.39 is 0 Å². The van der Waals surface area contributed by atoms with Crippen LogP contribution in [-0.2, 0) is 6.42 Å². The summed E-state index contributed by atoms with van der Waals surface area (Å²) in [6.07, 6.45) is 8.49. The maximum Gasteiger partial charge on any atom is 0.0270 e. The van der Waals surface area contributed by atoms with Gasteiger partial charge in [-0.25, -0.2) is 0 Å². The van der Waals surface area contributed by atoms with Crippen molar-refractivity contribution >= 4 is 0 Å². The second-order valence-electron chi connectivity index (χ2n) is 6.50. The second-order valence-corrected chi connectivity index (χ2v) is 6.50. The van der Waals surface area contributed by atoms with E-state index in [1.54, 1.807) is 0 Å². The van der Waals surface area contributed by atoms with Crippen molar-refractivity contribution in [3.8, 4) is 0 Å². The molecule has 1 fully saturated rings. The largest absolute Gasteiger partial charge is 0.325 e. The molecule has 0 spiro atoms. The van der Waals surface area contributed by atoms with Crippen molar-refractivity contribution in [1.29, 1.82) is 0 Å². The highest BCUT2D eigenvalue weighted by Crippen LogP contribution is 2.41. The molecule has 0 radical (unpaired) electrons. The summed E-state index contributed by atoms with van der Waals surface area (Å²) in [5.41, 5.74) is 8.10. The van der Waals surface area contributed by atoms with Crippen LogP contribution < -0.4 is 5.73 Å². The molecule has 100 valence electrons. The molecule has 2 heteroatoms.